The smallest absolute Gasteiger partial charge is 0.129 e. The molecule has 3 heteroatoms. The zero-order valence-corrected chi connectivity index (χ0v) is 10.6. The lowest BCUT2D eigenvalue weighted by atomic mass is 9.83. The van der Waals surface area contributed by atoms with E-state index in [4.69, 9.17) is 11.6 Å². The van der Waals surface area contributed by atoms with E-state index in [0.29, 0.717) is 0 Å². The molecule has 1 aromatic carbocycles. The first kappa shape index (κ1) is 13.4. The van der Waals surface area contributed by atoms with Crippen LogP contribution in [0.3, 0.4) is 0 Å². The number of hydrogen-bond acceptors (Lipinski definition) is 0. The van der Waals surface area contributed by atoms with Crippen LogP contribution in [0.25, 0.3) is 0 Å². The highest BCUT2D eigenvalue weighted by molar-refractivity contribution is 6.21. The zero-order chi connectivity index (χ0) is 12.3. The average Bonchev–Trinajstić information content (AvgIpc) is 2.23. The van der Waals surface area contributed by atoms with Crippen LogP contribution in [0.1, 0.15) is 32.8 Å². The predicted molar refractivity (Wildman–Crippen MR) is 63.8 cm³/mol. The fourth-order valence-corrected chi connectivity index (χ4v) is 1.71. The number of halogens is 3. The molecule has 0 saturated carbocycles. The van der Waals surface area contributed by atoms with Crippen LogP contribution in [0, 0.1) is 17.0 Å². The molecular weight excluding hydrogens is 230 g/mol. The average molecular weight is 247 g/mol. The molecule has 0 spiro atoms. The van der Waals surface area contributed by atoms with Crippen molar-refractivity contribution in [3.8, 4) is 0 Å². The van der Waals surface area contributed by atoms with E-state index in [-0.39, 0.29) is 22.8 Å². The Balaban J connectivity index is 2.89. The van der Waals surface area contributed by atoms with Crippen LogP contribution in [0.15, 0.2) is 18.2 Å². The van der Waals surface area contributed by atoms with Crippen molar-refractivity contribution >= 4 is 11.6 Å². The standard InChI is InChI=1S/C13H17ClF2/c1-4-13(2,3)12(14)8-9-10(15)6-5-7-11(9)16/h5-7,12H,4,8H2,1-3H3. The predicted octanol–water partition coefficient (Wildman–Crippen LogP) is 4.55. The Morgan fingerprint density at radius 2 is 1.75 bits per heavy atom. The number of rotatable bonds is 4. The van der Waals surface area contributed by atoms with Gasteiger partial charge in [0.15, 0.2) is 0 Å². The summed E-state index contributed by atoms with van der Waals surface area (Å²) in [4.78, 5) is 0. The maximum atomic E-state index is 13.4. The first-order valence-corrected chi connectivity index (χ1v) is 5.89. The Kier molecular flexibility index (Phi) is 4.31. The Hall–Kier alpha value is -0.630. The molecule has 0 radical (unpaired) electrons. The summed E-state index contributed by atoms with van der Waals surface area (Å²) in [6.45, 7) is 6.03. The lowest BCUT2D eigenvalue weighted by Gasteiger charge is -2.28. The van der Waals surface area contributed by atoms with Crippen molar-refractivity contribution in [1.29, 1.82) is 0 Å². The molecule has 0 fully saturated rings. The molecule has 0 N–H and O–H groups in total. The van der Waals surface area contributed by atoms with Gasteiger partial charge in [0.1, 0.15) is 11.6 Å². The van der Waals surface area contributed by atoms with Gasteiger partial charge in [-0.2, -0.15) is 0 Å². The van der Waals surface area contributed by atoms with Gasteiger partial charge in [-0.15, -0.1) is 11.6 Å². The van der Waals surface area contributed by atoms with E-state index in [0.717, 1.165) is 6.42 Å². The molecular formula is C13H17ClF2. The quantitative estimate of drug-likeness (QED) is 0.684. The second-order valence-corrected chi connectivity index (χ2v) is 5.24. The first-order chi connectivity index (χ1) is 7.38. The molecule has 0 amide bonds. The van der Waals surface area contributed by atoms with Crippen molar-refractivity contribution in [3.05, 3.63) is 35.4 Å². The van der Waals surface area contributed by atoms with Gasteiger partial charge in [0.2, 0.25) is 0 Å². The summed E-state index contributed by atoms with van der Waals surface area (Å²) in [5.74, 6) is -1.03. The van der Waals surface area contributed by atoms with Crippen LogP contribution in [0.2, 0.25) is 0 Å². The normalized spacial score (nSPS) is 13.9. The second-order valence-electron chi connectivity index (χ2n) is 4.71. The summed E-state index contributed by atoms with van der Waals surface area (Å²) in [6, 6.07) is 3.89. The van der Waals surface area contributed by atoms with E-state index in [9.17, 15) is 8.78 Å². The van der Waals surface area contributed by atoms with Gasteiger partial charge >= 0.3 is 0 Å². The maximum absolute atomic E-state index is 13.4. The molecule has 0 heterocycles. The number of benzene rings is 1. The van der Waals surface area contributed by atoms with E-state index in [1.54, 1.807) is 0 Å². The van der Waals surface area contributed by atoms with Crippen molar-refractivity contribution in [1.82, 2.24) is 0 Å². The van der Waals surface area contributed by atoms with E-state index in [2.05, 4.69) is 0 Å². The minimum atomic E-state index is -0.516. The van der Waals surface area contributed by atoms with Crippen LogP contribution in [0.4, 0.5) is 8.78 Å². The maximum Gasteiger partial charge on any atom is 0.129 e. The van der Waals surface area contributed by atoms with Gasteiger partial charge in [-0.3, -0.25) is 0 Å². The molecule has 0 aliphatic rings. The summed E-state index contributed by atoms with van der Waals surface area (Å²) >= 11 is 6.22. The highest BCUT2D eigenvalue weighted by Gasteiger charge is 2.27. The van der Waals surface area contributed by atoms with E-state index in [1.807, 2.05) is 20.8 Å². The summed E-state index contributed by atoms with van der Waals surface area (Å²) in [6.07, 6.45) is 1.10. The second kappa shape index (κ2) is 5.13. The molecule has 16 heavy (non-hydrogen) atoms. The van der Waals surface area contributed by atoms with Crippen LogP contribution in [0.5, 0.6) is 0 Å². The fourth-order valence-electron chi connectivity index (χ4n) is 1.40. The van der Waals surface area contributed by atoms with Gasteiger partial charge < -0.3 is 0 Å². The Morgan fingerprint density at radius 3 is 2.19 bits per heavy atom. The molecule has 0 bridgehead atoms. The SMILES string of the molecule is CCC(C)(C)C(Cl)Cc1c(F)cccc1F. The third-order valence-electron chi connectivity index (χ3n) is 3.20. The molecule has 90 valence electrons. The molecule has 0 nitrogen and oxygen atoms in total. The third-order valence-corrected chi connectivity index (χ3v) is 3.95. The van der Waals surface area contributed by atoms with Gasteiger partial charge in [0.25, 0.3) is 0 Å². The molecule has 0 aliphatic carbocycles. The molecule has 0 aliphatic heterocycles. The summed E-state index contributed by atoms with van der Waals surface area (Å²) in [5, 5.41) is -0.274. The van der Waals surface area contributed by atoms with Gasteiger partial charge in [0.05, 0.1) is 0 Å². The molecule has 1 unspecified atom stereocenters. The van der Waals surface area contributed by atoms with Gasteiger partial charge in [-0.1, -0.05) is 26.8 Å². The lowest BCUT2D eigenvalue weighted by Crippen LogP contribution is -2.26. The van der Waals surface area contributed by atoms with Crippen molar-refractivity contribution < 1.29 is 8.78 Å². The van der Waals surface area contributed by atoms with E-state index >= 15 is 0 Å². The zero-order valence-electron chi connectivity index (χ0n) is 9.86. The largest absolute Gasteiger partial charge is 0.207 e. The van der Waals surface area contributed by atoms with Crippen molar-refractivity contribution in [2.45, 2.75) is 39.0 Å². The van der Waals surface area contributed by atoms with Crippen molar-refractivity contribution in [2.75, 3.05) is 0 Å². The Morgan fingerprint density at radius 1 is 1.25 bits per heavy atom. The van der Waals surface area contributed by atoms with E-state index < -0.39 is 11.6 Å². The topological polar surface area (TPSA) is 0 Å². The van der Waals surface area contributed by atoms with Crippen LogP contribution in [-0.4, -0.2) is 5.38 Å². The van der Waals surface area contributed by atoms with Gasteiger partial charge in [-0.25, -0.2) is 8.78 Å². The monoisotopic (exact) mass is 246 g/mol. The summed E-state index contributed by atoms with van der Waals surface area (Å²) in [5.41, 5.74) is -0.0416. The van der Waals surface area contributed by atoms with Crippen molar-refractivity contribution in [2.24, 2.45) is 5.41 Å². The minimum absolute atomic E-state index is 0.0871. The third kappa shape index (κ3) is 2.94. The van der Waals surface area contributed by atoms with Crippen molar-refractivity contribution in [3.63, 3.8) is 0 Å². The fraction of sp³-hybridized carbons (Fsp3) is 0.538. The highest BCUT2D eigenvalue weighted by atomic mass is 35.5. The molecule has 0 aromatic heterocycles. The first-order valence-electron chi connectivity index (χ1n) is 5.45. The summed E-state index contributed by atoms with van der Waals surface area (Å²) in [7, 11) is 0. The van der Waals surface area contributed by atoms with Crippen LogP contribution >= 0.6 is 11.6 Å². The molecule has 0 saturated heterocycles. The van der Waals surface area contributed by atoms with Crippen LogP contribution in [-0.2, 0) is 6.42 Å². The Bertz CT molecular complexity index is 341. The highest BCUT2D eigenvalue weighted by Crippen LogP contribution is 2.32. The summed E-state index contributed by atoms with van der Waals surface area (Å²) < 4.78 is 26.8. The molecule has 1 rings (SSSR count). The van der Waals surface area contributed by atoms with Crippen LogP contribution < -0.4 is 0 Å². The van der Waals surface area contributed by atoms with Gasteiger partial charge in [0, 0.05) is 10.9 Å². The lowest BCUT2D eigenvalue weighted by molar-refractivity contribution is 0.326. The number of alkyl halides is 1. The molecule has 1 atom stereocenters. The van der Waals surface area contributed by atoms with E-state index in [1.165, 1.54) is 18.2 Å². The number of hydrogen-bond donors (Lipinski definition) is 0. The van der Waals surface area contributed by atoms with Gasteiger partial charge in [-0.05, 0) is 30.4 Å². The Labute approximate surface area is 101 Å². The molecule has 1 aromatic rings. The minimum Gasteiger partial charge on any atom is -0.207 e.